The Morgan fingerprint density at radius 1 is 0.812 bits per heavy atom. The molecule has 1 nitrogen and oxygen atoms in total. The van der Waals surface area contributed by atoms with Crippen molar-refractivity contribution in [3.05, 3.63) is 65.7 Å². The Kier molecular flexibility index (Phi) is 3.05. The highest BCUT2D eigenvalue weighted by molar-refractivity contribution is 5.82. The van der Waals surface area contributed by atoms with Crippen LogP contribution in [0.5, 0.6) is 0 Å². The summed E-state index contributed by atoms with van der Waals surface area (Å²) in [6.07, 6.45) is 1.31. The van der Waals surface area contributed by atoms with Gasteiger partial charge in [0.15, 0.2) is 0 Å². The van der Waals surface area contributed by atoms with E-state index in [2.05, 4.69) is 4.99 Å². The summed E-state index contributed by atoms with van der Waals surface area (Å²) in [6, 6.07) is 12.3. The molecule has 2 aromatic carbocycles. The molecule has 0 heterocycles. The fraction of sp³-hybridized carbons (Fsp3) is 0. The van der Waals surface area contributed by atoms with Gasteiger partial charge in [-0.3, -0.25) is 4.99 Å². The van der Waals surface area contributed by atoms with Crippen LogP contribution in [0.4, 0.5) is 14.5 Å². The van der Waals surface area contributed by atoms with E-state index in [1.54, 1.807) is 30.3 Å². The fourth-order valence-corrected chi connectivity index (χ4v) is 1.28. The molecule has 0 atom stereocenters. The van der Waals surface area contributed by atoms with Crippen molar-refractivity contribution >= 4 is 11.9 Å². The van der Waals surface area contributed by atoms with Gasteiger partial charge in [0.2, 0.25) is 0 Å². The molecule has 2 rings (SSSR count). The summed E-state index contributed by atoms with van der Waals surface area (Å²) in [7, 11) is 0. The van der Waals surface area contributed by atoms with E-state index in [0.29, 0.717) is 5.56 Å². The monoisotopic (exact) mass is 217 g/mol. The number of nitrogens with zero attached hydrogens (tertiary/aromatic N) is 1. The maximum Gasteiger partial charge on any atom is 0.148 e. The fourth-order valence-electron chi connectivity index (χ4n) is 1.28. The van der Waals surface area contributed by atoms with Gasteiger partial charge in [0.25, 0.3) is 0 Å². The zero-order valence-electron chi connectivity index (χ0n) is 8.40. The minimum atomic E-state index is -0.421. The Balaban J connectivity index is 2.29. The van der Waals surface area contributed by atoms with Crippen LogP contribution in [0.25, 0.3) is 0 Å². The average Bonchev–Trinajstić information content (AvgIpc) is 2.30. The third-order valence-corrected chi connectivity index (χ3v) is 2.10. The van der Waals surface area contributed by atoms with Crippen molar-refractivity contribution in [3.63, 3.8) is 0 Å². The number of aliphatic imine (C=N–C) groups is 1. The molecule has 16 heavy (non-hydrogen) atoms. The van der Waals surface area contributed by atoms with Gasteiger partial charge in [0.05, 0.1) is 5.69 Å². The molecule has 0 aliphatic carbocycles. The second-order valence-electron chi connectivity index (χ2n) is 3.23. The van der Waals surface area contributed by atoms with E-state index in [1.807, 2.05) is 0 Å². The molecule has 0 saturated heterocycles. The number of para-hydroxylation sites is 1. The summed E-state index contributed by atoms with van der Waals surface area (Å²) < 4.78 is 26.4. The lowest BCUT2D eigenvalue weighted by Crippen LogP contribution is -1.86. The number of hydrogen-bond donors (Lipinski definition) is 0. The highest BCUT2D eigenvalue weighted by atomic mass is 19.1. The first-order valence-electron chi connectivity index (χ1n) is 4.80. The Hall–Kier alpha value is -2.03. The van der Waals surface area contributed by atoms with Crippen LogP contribution in [-0.4, -0.2) is 6.21 Å². The normalized spacial score (nSPS) is 10.9. The third-order valence-electron chi connectivity index (χ3n) is 2.10. The van der Waals surface area contributed by atoms with E-state index < -0.39 is 5.82 Å². The largest absolute Gasteiger partial charge is 0.253 e. The molecule has 3 heteroatoms. The lowest BCUT2D eigenvalue weighted by atomic mass is 10.2. The summed E-state index contributed by atoms with van der Waals surface area (Å²) in [5, 5.41) is 0. The van der Waals surface area contributed by atoms with Crippen molar-refractivity contribution in [2.24, 2.45) is 4.99 Å². The summed E-state index contributed by atoms with van der Waals surface area (Å²) in [5.74, 6) is -0.794. The van der Waals surface area contributed by atoms with Crippen LogP contribution in [0.3, 0.4) is 0 Å². The molecule has 0 N–H and O–H groups in total. The van der Waals surface area contributed by atoms with Crippen molar-refractivity contribution in [1.29, 1.82) is 0 Å². The third kappa shape index (κ3) is 2.31. The molecule has 0 radical (unpaired) electrons. The topological polar surface area (TPSA) is 12.4 Å². The van der Waals surface area contributed by atoms with Crippen molar-refractivity contribution in [2.45, 2.75) is 0 Å². The van der Waals surface area contributed by atoms with Crippen molar-refractivity contribution in [3.8, 4) is 0 Å². The first-order valence-corrected chi connectivity index (χ1v) is 4.80. The molecule has 2 aromatic rings. The number of benzene rings is 2. The quantitative estimate of drug-likeness (QED) is 0.680. The van der Waals surface area contributed by atoms with E-state index in [1.165, 1.54) is 24.4 Å². The molecular weight excluding hydrogens is 208 g/mol. The minimum absolute atomic E-state index is 0.200. The molecular formula is C13H9F2N. The maximum absolute atomic E-state index is 13.2. The molecule has 0 unspecified atom stereocenters. The number of hydrogen-bond acceptors (Lipinski definition) is 1. The Morgan fingerprint density at radius 3 is 2.12 bits per heavy atom. The van der Waals surface area contributed by atoms with Crippen LogP contribution < -0.4 is 0 Å². The van der Waals surface area contributed by atoms with E-state index in [4.69, 9.17) is 0 Å². The van der Waals surface area contributed by atoms with Crippen LogP contribution >= 0.6 is 0 Å². The van der Waals surface area contributed by atoms with Crippen LogP contribution in [0.2, 0.25) is 0 Å². The Labute approximate surface area is 92.1 Å². The highest BCUT2D eigenvalue weighted by Gasteiger charge is 1.99. The van der Waals surface area contributed by atoms with Crippen molar-refractivity contribution in [1.82, 2.24) is 0 Å². The van der Waals surface area contributed by atoms with E-state index in [0.717, 1.165) is 0 Å². The van der Waals surface area contributed by atoms with Gasteiger partial charge in [0, 0.05) is 11.8 Å². The van der Waals surface area contributed by atoms with Crippen LogP contribution in [-0.2, 0) is 0 Å². The van der Waals surface area contributed by atoms with Gasteiger partial charge in [-0.25, -0.2) is 8.78 Å². The zero-order valence-corrected chi connectivity index (χ0v) is 8.40. The molecule has 0 amide bonds. The van der Waals surface area contributed by atoms with Crippen LogP contribution in [0.15, 0.2) is 53.5 Å². The molecule has 80 valence electrons. The Morgan fingerprint density at radius 2 is 1.44 bits per heavy atom. The number of halogens is 2. The summed E-state index contributed by atoms with van der Waals surface area (Å²) in [4.78, 5) is 3.90. The van der Waals surface area contributed by atoms with E-state index in [9.17, 15) is 8.78 Å². The molecule has 0 saturated carbocycles. The molecule has 0 aliphatic heterocycles. The Bertz CT molecular complexity index is 473. The number of rotatable bonds is 2. The van der Waals surface area contributed by atoms with Gasteiger partial charge in [-0.05, 0) is 18.2 Å². The predicted octanol–water partition coefficient (Wildman–Crippen LogP) is 3.72. The lowest BCUT2D eigenvalue weighted by Gasteiger charge is -1.96. The average molecular weight is 217 g/mol. The molecule has 0 spiro atoms. The zero-order chi connectivity index (χ0) is 11.4. The minimum Gasteiger partial charge on any atom is -0.253 e. The molecule has 0 aliphatic rings. The molecule has 0 aromatic heterocycles. The predicted molar refractivity (Wildman–Crippen MR) is 60.1 cm³/mol. The van der Waals surface area contributed by atoms with Gasteiger partial charge in [-0.2, -0.15) is 0 Å². The van der Waals surface area contributed by atoms with Crippen LogP contribution in [0.1, 0.15) is 5.56 Å². The van der Waals surface area contributed by atoms with E-state index in [-0.39, 0.29) is 11.5 Å². The van der Waals surface area contributed by atoms with Gasteiger partial charge in [-0.1, -0.05) is 30.3 Å². The maximum atomic E-state index is 13.2. The van der Waals surface area contributed by atoms with Gasteiger partial charge in [0.1, 0.15) is 11.6 Å². The van der Waals surface area contributed by atoms with Gasteiger partial charge in [-0.15, -0.1) is 0 Å². The first-order chi connectivity index (χ1) is 7.77. The lowest BCUT2D eigenvalue weighted by molar-refractivity contribution is 0.625. The molecule has 0 fully saturated rings. The van der Waals surface area contributed by atoms with Crippen molar-refractivity contribution < 1.29 is 8.78 Å². The summed E-state index contributed by atoms with van der Waals surface area (Å²) >= 11 is 0. The standard InChI is InChI=1S/C13H9F2N/c14-11-6-2-1-5-10(11)9-16-13-8-4-3-7-12(13)15/h1-9H/b16-9+. The van der Waals surface area contributed by atoms with Crippen molar-refractivity contribution in [2.75, 3.05) is 0 Å². The smallest absolute Gasteiger partial charge is 0.148 e. The first kappa shape index (κ1) is 10.5. The van der Waals surface area contributed by atoms with E-state index >= 15 is 0 Å². The highest BCUT2D eigenvalue weighted by Crippen LogP contribution is 2.16. The molecule has 0 bridgehead atoms. The summed E-state index contributed by atoms with van der Waals surface area (Å²) in [6.45, 7) is 0. The second-order valence-corrected chi connectivity index (χ2v) is 3.23. The van der Waals surface area contributed by atoms with Gasteiger partial charge >= 0.3 is 0 Å². The SMILES string of the molecule is Fc1ccccc1/C=N/c1ccccc1F. The van der Waals surface area contributed by atoms with Crippen LogP contribution in [0, 0.1) is 11.6 Å². The van der Waals surface area contributed by atoms with Gasteiger partial charge < -0.3 is 0 Å². The summed E-state index contributed by atoms with van der Waals surface area (Å²) in [5.41, 5.74) is 0.538. The second kappa shape index (κ2) is 4.66.